The lowest BCUT2D eigenvalue weighted by Gasteiger charge is -2.30. The zero-order chi connectivity index (χ0) is 11.7. The maximum atomic E-state index is 5.66. The summed E-state index contributed by atoms with van der Waals surface area (Å²) in [5.74, 6) is 0.700. The fraction of sp³-hybridized carbons (Fsp3) is 0.818. The van der Waals surface area contributed by atoms with E-state index in [9.17, 15) is 0 Å². The molecule has 2 heterocycles. The van der Waals surface area contributed by atoms with E-state index in [1.165, 1.54) is 12.8 Å². The highest BCUT2D eigenvalue weighted by atomic mass is 16.4. The van der Waals surface area contributed by atoms with E-state index in [0.29, 0.717) is 24.5 Å². The Morgan fingerprint density at radius 2 is 2.00 bits per heavy atom. The molecule has 1 aromatic heterocycles. The Labute approximate surface area is 101 Å². The van der Waals surface area contributed by atoms with Gasteiger partial charge in [-0.25, -0.2) is 0 Å². The smallest absolute Gasteiger partial charge is 0.318 e. The Balaban J connectivity index is 1.55. The van der Waals surface area contributed by atoms with Crippen LogP contribution >= 0.6 is 0 Å². The van der Waals surface area contributed by atoms with Gasteiger partial charge in [-0.05, 0) is 19.9 Å². The molecule has 0 radical (unpaired) electrons. The minimum absolute atomic E-state index is 0.672. The average Bonchev–Trinajstić information content (AvgIpc) is 3.06. The van der Waals surface area contributed by atoms with Crippen molar-refractivity contribution in [3.05, 3.63) is 5.89 Å². The molecule has 2 fully saturated rings. The number of rotatable bonds is 4. The molecule has 1 aliphatic heterocycles. The monoisotopic (exact) mass is 237 g/mol. The lowest BCUT2D eigenvalue weighted by atomic mass is 10.3. The van der Waals surface area contributed by atoms with Gasteiger partial charge in [0.15, 0.2) is 0 Å². The van der Waals surface area contributed by atoms with Crippen LogP contribution in [0.5, 0.6) is 0 Å². The van der Waals surface area contributed by atoms with Crippen LogP contribution in [0.1, 0.15) is 18.7 Å². The van der Waals surface area contributed by atoms with E-state index < -0.39 is 0 Å². The first-order chi connectivity index (χ1) is 8.31. The third-order valence-corrected chi connectivity index (χ3v) is 3.35. The maximum absolute atomic E-state index is 5.66. The largest absolute Gasteiger partial charge is 0.407 e. The quantitative estimate of drug-likeness (QED) is 0.800. The minimum Gasteiger partial charge on any atom is -0.407 e. The van der Waals surface area contributed by atoms with Crippen LogP contribution in [-0.2, 0) is 6.54 Å². The third-order valence-electron chi connectivity index (χ3n) is 3.35. The summed E-state index contributed by atoms with van der Waals surface area (Å²) in [6.07, 6.45) is 2.55. The predicted molar refractivity (Wildman–Crippen MR) is 63.9 cm³/mol. The Morgan fingerprint density at radius 3 is 2.71 bits per heavy atom. The molecule has 0 unspecified atom stereocenters. The average molecular weight is 237 g/mol. The molecule has 2 aliphatic rings. The van der Waals surface area contributed by atoms with Crippen LogP contribution in [0, 0.1) is 0 Å². The molecule has 0 atom stereocenters. The molecule has 1 aromatic rings. The summed E-state index contributed by atoms with van der Waals surface area (Å²) >= 11 is 0. The number of piperazine rings is 1. The number of hydrogen-bond acceptors (Lipinski definition) is 6. The lowest BCUT2D eigenvalue weighted by Crippen LogP contribution is -2.44. The highest BCUT2D eigenvalue weighted by Crippen LogP contribution is 2.20. The van der Waals surface area contributed by atoms with Gasteiger partial charge in [-0.1, -0.05) is 5.10 Å². The van der Waals surface area contributed by atoms with Gasteiger partial charge in [0.25, 0.3) is 0 Å². The fourth-order valence-corrected chi connectivity index (χ4v) is 1.96. The first-order valence-corrected chi connectivity index (χ1v) is 6.30. The molecule has 6 nitrogen and oxygen atoms in total. The van der Waals surface area contributed by atoms with Crippen molar-refractivity contribution < 1.29 is 4.42 Å². The van der Waals surface area contributed by atoms with Crippen molar-refractivity contribution in [1.29, 1.82) is 0 Å². The van der Waals surface area contributed by atoms with Crippen molar-refractivity contribution in [3.8, 4) is 0 Å². The van der Waals surface area contributed by atoms with Crippen LogP contribution < -0.4 is 10.2 Å². The van der Waals surface area contributed by atoms with Gasteiger partial charge in [0.2, 0.25) is 5.89 Å². The number of nitrogens with one attached hydrogen (secondary N) is 1. The topological polar surface area (TPSA) is 57.4 Å². The molecule has 94 valence electrons. The van der Waals surface area contributed by atoms with E-state index >= 15 is 0 Å². The number of likely N-dealkylation sites (N-methyl/N-ethyl adjacent to an activating group) is 1. The van der Waals surface area contributed by atoms with E-state index in [1.807, 2.05) is 0 Å². The minimum atomic E-state index is 0.672. The maximum Gasteiger partial charge on any atom is 0.318 e. The van der Waals surface area contributed by atoms with Gasteiger partial charge in [0.05, 0.1) is 6.54 Å². The second-order valence-corrected chi connectivity index (χ2v) is 4.92. The molecule has 0 bridgehead atoms. The Hall–Kier alpha value is -1.14. The Kier molecular flexibility index (Phi) is 2.98. The van der Waals surface area contributed by atoms with Crippen LogP contribution in [-0.4, -0.2) is 54.4 Å². The van der Waals surface area contributed by atoms with Crippen LogP contribution in [0.2, 0.25) is 0 Å². The second kappa shape index (κ2) is 4.62. The molecule has 1 saturated heterocycles. The van der Waals surface area contributed by atoms with Gasteiger partial charge >= 0.3 is 6.01 Å². The van der Waals surface area contributed by atoms with Gasteiger partial charge in [-0.2, -0.15) is 0 Å². The standard InChI is InChI=1S/C11H19N5O/c1-15-4-6-16(7-5-15)11-14-13-10(17-11)8-12-9-2-3-9/h9,12H,2-8H2,1H3. The van der Waals surface area contributed by atoms with Gasteiger partial charge < -0.3 is 19.5 Å². The fourth-order valence-electron chi connectivity index (χ4n) is 1.96. The molecule has 0 aromatic carbocycles. The van der Waals surface area contributed by atoms with Gasteiger partial charge in [-0.15, -0.1) is 5.10 Å². The van der Waals surface area contributed by atoms with Crippen molar-refractivity contribution >= 4 is 6.01 Å². The van der Waals surface area contributed by atoms with Crippen LogP contribution in [0.25, 0.3) is 0 Å². The molecular formula is C11H19N5O. The SMILES string of the molecule is CN1CCN(c2nnc(CNC3CC3)o2)CC1. The summed E-state index contributed by atoms with van der Waals surface area (Å²) in [4.78, 5) is 4.47. The molecule has 17 heavy (non-hydrogen) atoms. The Morgan fingerprint density at radius 1 is 1.24 bits per heavy atom. The van der Waals surface area contributed by atoms with Crippen molar-refractivity contribution in [2.45, 2.75) is 25.4 Å². The summed E-state index contributed by atoms with van der Waals surface area (Å²) in [6, 6.07) is 1.35. The molecule has 3 rings (SSSR count). The second-order valence-electron chi connectivity index (χ2n) is 4.92. The number of hydrogen-bond donors (Lipinski definition) is 1. The van der Waals surface area contributed by atoms with E-state index in [2.05, 4.69) is 32.4 Å². The summed E-state index contributed by atoms with van der Waals surface area (Å²) in [7, 11) is 2.14. The first-order valence-electron chi connectivity index (χ1n) is 6.30. The molecule has 0 spiro atoms. The van der Waals surface area contributed by atoms with Crippen molar-refractivity contribution in [2.24, 2.45) is 0 Å². The molecular weight excluding hydrogens is 218 g/mol. The van der Waals surface area contributed by atoms with Gasteiger partial charge in [0, 0.05) is 32.2 Å². The van der Waals surface area contributed by atoms with Gasteiger partial charge in [-0.3, -0.25) is 0 Å². The summed E-state index contributed by atoms with van der Waals surface area (Å²) in [6.45, 7) is 4.74. The highest BCUT2D eigenvalue weighted by molar-refractivity contribution is 5.25. The van der Waals surface area contributed by atoms with Crippen LogP contribution in [0.4, 0.5) is 6.01 Å². The molecule has 1 aliphatic carbocycles. The zero-order valence-corrected chi connectivity index (χ0v) is 10.2. The molecule has 1 saturated carbocycles. The lowest BCUT2D eigenvalue weighted by molar-refractivity contribution is 0.303. The van der Waals surface area contributed by atoms with Crippen molar-refractivity contribution in [3.63, 3.8) is 0 Å². The Bertz CT molecular complexity index is 368. The number of aromatic nitrogens is 2. The van der Waals surface area contributed by atoms with E-state index in [-0.39, 0.29) is 0 Å². The number of nitrogens with zero attached hydrogens (tertiary/aromatic N) is 4. The first kappa shape index (κ1) is 11.0. The summed E-state index contributed by atoms with van der Waals surface area (Å²) in [5, 5.41) is 11.6. The summed E-state index contributed by atoms with van der Waals surface area (Å²) in [5.41, 5.74) is 0. The third kappa shape index (κ3) is 2.76. The highest BCUT2D eigenvalue weighted by Gasteiger charge is 2.22. The summed E-state index contributed by atoms with van der Waals surface area (Å²) < 4.78 is 5.66. The van der Waals surface area contributed by atoms with Crippen molar-refractivity contribution in [2.75, 3.05) is 38.1 Å². The van der Waals surface area contributed by atoms with E-state index in [0.717, 1.165) is 26.2 Å². The molecule has 6 heteroatoms. The molecule has 0 amide bonds. The van der Waals surface area contributed by atoms with E-state index in [1.54, 1.807) is 0 Å². The van der Waals surface area contributed by atoms with Crippen molar-refractivity contribution in [1.82, 2.24) is 20.4 Å². The number of anilines is 1. The zero-order valence-electron chi connectivity index (χ0n) is 10.2. The van der Waals surface area contributed by atoms with Crippen LogP contribution in [0.15, 0.2) is 4.42 Å². The van der Waals surface area contributed by atoms with E-state index in [4.69, 9.17) is 4.42 Å². The van der Waals surface area contributed by atoms with Gasteiger partial charge in [0.1, 0.15) is 0 Å². The molecule has 1 N–H and O–H groups in total. The normalized spacial score (nSPS) is 22.1. The van der Waals surface area contributed by atoms with Crippen LogP contribution in [0.3, 0.4) is 0 Å². The predicted octanol–water partition coefficient (Wildman–Crippen LogP) is 0.0734.